The normalized spacial score (nSPS) is 12.5. The molecular formula is C19H16F3N3O2S. The molecule has 1 unspecified atom stereocenters. The predicted molar refractivity (Wildman–Crippen MR) is 101 cm³/mol. The van der Waals surface area contributed by atoms with E-state index in [1.807, 2.05) is 19.1 Å². The van der Waals surface area contributed by atoms with Crippen LogP contribution in [0.1, 0.15) is 5.56 Å². The molecular weight excluding hydrogens is 391 g/mol. The number of benzene rings is 2. The number of anilines is 2. The number of ether oxygens (including phenoxy) is 1. The van der Waals surface area contributed by atoms with E-state index >= 15 is 0 Å². The first kappa shape index (κ1) is 20.0. The van der Waals surface area contributed by atoms with Crippen LogP contribution in [0, 0.1) is 6.92 Å². The van der Waals surface area contributed by atoms with Crippen LogP contribution in [0.25, 0.3) is 11.3 Å². The molecule has 0 spiro atoms. The Morgan fingerprint density at radius 3 is 2.21 bits per heavy atom. The largest absolute Gasteiger partial charge is 0.612 e. The fourth-order valence-electron chi connectivity index (χ4n) is 2.55. The molecule has 0 saturated heterocycles. The molecule has 0 amide bonds. The maximum atomic E-state index is 12.2. The van der Waals surface area contributed by atoms with Crippen molar-refractivity contribution in [2.75, 3.05) is 11.6 Å². The highest BCUT2D eigenvalue weighted by Crippen LogP contribution is 2.29. The Hall–Kier alpha value is -2.78. The molecule has 0 aliphatic carbocycles. The molecule has 28 heavy (non-hydrogen) atoms. The van der Waals surface area contributed by atoms with Crippen LogP contribution >= 0.6 is 0 Å². The zero-order valence-electron chi connectivity index (χ0n) is 14.9. The summed E-state index contributed by atoms with van der Waals surface area (Å²) >= 11 is -1.06. The molecule has 0 fully saturated rings. The van der Waals surface area contributed by atoms with Crippen LogP contribution in [-0.4, -0.2) is 27.1 Å². The second-order valence-corrected chi connectivity index (χ2v) is 7.25. The summed E-state index contributed by atoms with van der Waals surface area (Å²) in [5.41, 5.74) is 2.86. The first-order valence-corrected chi connectivity index (χ1v) is 9.67. The van der Waals surface area contributed by atoms with E-state index in [1.54, 1.807) is 18.4 Å². The van der Waals surface area contributed by atoms with Gasteiger partial charge in [-0.1, -0.05) is 0 Å². The summed E-state index contributed by atoms with van der Waals surface area (Å²) in [6.45, 7) is 1.84. The Morgan fingerprint density at radius 1 is 1.00 bits per heavy atom. The minimum atomic E-state index is -4.73. The fourth-order valence-corrected chi connectivity index (χ4v) is 3.07. The van der Waals surface area contributed by atoms with Gasteiger partial charge in [-0.2, -0.15) is 0 Å². The number of rotatable bonds is 5. The van der Waals surface area contributed by atoms with Crippen LogP contribution in [0.5, 0.6) is 5.75 Å². The summed E-state index contributed by atoms with van der Waals surface area (Å²) < 4.78 is 52.1. The predicted octanol–water partition coefficient (Wildman–Crippen LogP) is 4.83. The third-order valence-corrected chi connectivity index (χ3v) is 4.83. The Bertz CT molecular complexity index is 946. The minimum Gasteiger partial charge on any atom is -0.612 e. The van der Waals surface area contributed by atoms with Gasteiger partial charge in [0.2, 0.25) is 0 Å². The highest BCUT2D eigenvalue weighted by atomic mass is 32.2. The van der Waals surface area contributed by atoms with Crippen molar-refractivity contribution in [2.24, 2.45) is 0 Å². The maximum absolute atomic E-state index is 12.2. The number of hydrogen-bond acceptors (Lipinski definition) is 5. The molecule has 1 heterocycles. The Balaban J connectivity index is 1.81. The summed E-state index contributed by atoms with van der Waals surface area (Å²) in [5.74, 6) is 0.226. The van der Waals surface area contributed by atoms with E-state index in [9.17, 15) is 17.7 Å². The maximum Gasteiger partial charge on any atom is 0.573 e. The SMILES string of the molecule is Cc1c(Nc2ccc(OC(F)(F)F)cc2)ncnc1-c1ccc([S+](C)[O-])cc1. The van der Waals surface area contributed by atoms with E-state index < -0.39 is 17.5 Å². The topological polar surface area (TPSA) is 70.1 Å². The lowest BCUT2D eigenvalue weighted by Crippen LogP contribution is -2.17. The molecule has 3 aromatic rings. The summed E-state index contributed by atoms with van der Waals surface area (Å²) in [6.07, 6.45) is -1.72. The van der Waals surface area contributed by atoms with Crippen molar-refractivity contribution >= 4 is 22.7 Å². The van der Waals surface area contributed by atoms with Crippen molar-refractivity contribution in [3.63, 3.8) is 0 Å². The first-order valence-electron chi connectivity index (χ1n) is 8.11. The average Bonchev–Trinajstić information content (AvgIpc) is 2.64. The van der Waals surface area contributed by atoms with Gasteiger partial charge in [0.1, 0.15) is 24.2 Å². The minimum absolute atomic E-state index is 0.299. The molecule has 0 aliphatic heterocycles. The first-order chi connectivity index (χ1) is 13.2. The van der Waals surface area contributed by atoms with Crippen LogP contribution in [0.2, 0.25) is 0 Å². The summed E-state index contributed by atoms with van der Waals surface area (Å²) in [7, 11) is 0. The van der Waals surface area contributed by atoms with Crippen molar-refractivity contribution in [1.82, 2.24) is 9.97 Å². The number of hydrogen-bond donors (Lipinski definition) is 1. The van der Waals surface area contributed by atoms with Gasteiger partial charge >= 0.3 is 6.36 Å². The molecule has 1 atom stereocenters. The van der Waals surface area contributed by atoms with Crippen LogP contribution in [0.15, 0.2) is 59.8 Å². The smallest absolute Gasteiger partial charge is 0.573 e. The van der Waals surface area contributed by atoms with Gasteiger partial charge in [0.05, 0.1) is 5.69 Å². The zero-order chi connectivity index (χ0) is 20.3. The Labute approximate surface area is 162 Å². The van der Waals surface area contributed by atoms with Crippen molar-refractivity contribution in [3.05, 3.63) is 60.4 Å². The number of nitrogens with zero attached hydrogens (tertiary/aromatic N) is 2. The molecule has 9 heteroatoms. The van der Waals surface area contributed by atoms with E-state index in [4.69, 9.17) is 0 Å². The fraction of sp³-hybridized carbons (Fsp3) is 0.158. The Morgan fingerprint density at radius 2 is 1.64 bits per heavy atom. The number of halogens is 3. The average molecular weight is 407 g/mol. The molecule has 1 aromatic heterocycles. The van der Waals surface area contributed by atoms with Gasteiger partial charge in [-0.05, 0) is 66.6 Å². The highest BCUT2D eigenvalue weighted by molar-refractivity contribution is 7.90. The van der Waals surface area contributed by atoms with Gasteiger partial charge in [-0.15, -0.1) is 13.2 Å². The molecule has 0 saturated carbocycles. The number of aromatic nitrogens is 2. The lowest BCUT2D eigenvalue weighted by atomic mass is 10.1. The van der Waals surface area contributed by atoms with Crippen LogP contribution in [-0.2, 0) is 11.2 Å². The quantitative estimate of drug-likeness (QED) is 0.614. The second kappa shape index (κ2) is 8.07. The monoisotopic (exact) mass is 407 g/mol. The van der Waals surface area contributed by atoms with Gasteiger partial charge in [0, 0.05) is 16.8 Å². The van der Waals surface area contributed by atoms with Crippen molar-refractivity contribution in [2.45, 2.75) is 18.2 Å². The van der Waals surface area contributed by atoms with E-state index in [0.717, 1.165) is 16.0 Å². The molecule has 146 valence electrons. The standard InChI is InChI=1S/C19H16F3N3O2S/c1-12-17(13-3-9-16(10-4-13)28(2)26)23-11-24-18(12)25-14-5-7-15(8-6-14)27-19(20,21)22/h3-11H,1-2H3,(H,23,24,25). The summed E-state index contributed by atoms with van der Waals surface area (Å²) in [6, 6.07) is 12.6. The van der Waals surface area contributed by atoms with Gasteiger partial charge < -0.3 is 14.6 Å². The van der Waals surface area contributed by atoms with Crippen LogP contribution in [0.3, 0.4) is 0 Å². The van der Waals surface area contributed by atoms with Gasteiger partial charge in [-0.25, -0.2) is 9.97 Å². The van der Waals surface area contributed by atoms with Gasteiger partial charge in [0.25, 0.3) is 0 Å². The molecule has 0 aliphatic rings. The van der Waals surface area contributed by atoms with Crippen molar-refractivity contribution in [3.8, 4) is 17.0 Å². The van der Waals surface area contributed by atoms with E-state index in [2.05, 4.69) is 20.0 Å². The molecule has 0 radical (unpaired) electrons. The van der Waals surface area contributed by atoms with Crippen LogP contribution < -0.4 is 10.1 Å². The molecule has 1 N–H and O–H groups in total. The van der Waals surface area contributed by atoms with Gasteiger partial charge in [0.15, 0.2) is 4.90 Å². The van der Waals surface area contributed by atoms with E-state index in [0.29, 0.717) is 17.2 Å². The number of alkyl halides is 3. The summed E-state index contributed by atoms with van der Waals surface area (Å²) in [5, 5.41) is 3.07. The van der Waals surface area contributed by atoms with Crippen LogP contribution in [0.4, 0.5) is 24.7 Å². The lowest BCUT2D eigenvalue weighted by molar-refractivity contribution is -0.274. The van der Waals surface area contributed by atoms with Crippen molar-refractivity contribution < 1.29 is 22.5 Å². The second-order valence-electron chi connectivity index (χ2n) is 5.87. The number of nitrogens with one attached hydrogen (secondary N) is 1. The third-order valence-electron chi connectivity index (χ3n) is 3.89. The lowest BCUT2D eigenvalue weighted by Gasteiger charge is -2.13. The molecule has 5 nitrogen and oxygen atoms in total. The van der Waals surface area contributed by atoms with E-state index in [1.165, 1.54) is 30.6 Å². The molecule has 3 rings (SSSR count). The highest BCUT2D eigenvalue weighted by Gasteiger charge is 2.30. The molecule has 0 bridgehead atoms. The Kier molecular flexibility index (Phi) is 5.76. The third kappa shape index (κ3) is 4.93. The van der Waals surface area contributed by atoms with Crippen molar-refractivity contribution in [1.29, 1.82) is 0 Å². The van der Waals surface area contributed by atoms with Gasteiger partial charge in [-0.3, -0.25) is 0 Å². The summed E-state index contributed by atoms with van der Waals surface area (Å²) in [4.78, 5) is 9.23. The zero-order valence-corrected chi connectivity index (χ0v) is 15.8. The molecule has 2 aromatic carbocycles. The van der Waals surface area contributed by atoms with E-state index in [-0.39, 0.29) is 5.75 Å².